The standard InChI is InChI=1S/C19H16F3N3O4S/c1-27-13-7-8-14(15(9-13)28-2)17-24-25-18(29-17)30-10-16(26)23-12-5-3-11(4-6-12)19(20,21)22/h3-9H,10H2,1-2H3,(H,23,26). The van der Waals surface area contributed by atoms with Crippen LogP contribution in [0.4, 0.5) is 18.9 Å². The summed E-state index contributed by atoms with van der Waals surface area (Å²) < 4.78 is 53.7. The highest BCUT2D eigenvalue weighted by molar-refractivity contribution is 7.99. The van der Waals surface area contributed by atoms with Crippen LogP contribution in [0, 0.1) is 0 Å². The predicted octanol–water partition coefficient (Wildman–Crippen LogP) is 4.50. The Morgan fingerprint density at radius 1 is 1.10 bits per heavy atom. The normalized spacial score (nSPS) is 11.2. The Kier molecular flexibility index (Phi) is 6.50. The third-order valence-corrected chi connectivity index (χ3v) is 4.69. The van der Waals surface area contributed by atoms with Crippen molar-refractivity contribution in [2.24, 2.45) is 0 Å². The minimum absolute atomic E-state index is 0.0671. The Morgan fingerprint density at radius 3 is 2.47 bits per heavy atom. The summed E-state index contributed by atoms with van der Waals surface area (Å²) in [5, 5.41) is 10.5. The van der Waals surface area contributed by atoms with Crippen LogP contribution in [-0.2, 0) is 11.0 Å². The molecular weight excluding hydrogens is 423 g/mol. The molecule has 3 aromatic rings. The van der Waals surface area contributed by atoms with E-state index in [0.717, 1.165) is 23.9 Å². The van der Waals surface area contributed by atoms with Gasteiger partial charge in [-0.2, -0.15) is 13.2 Å². The number of rotatable bonds is 7. The average molecular weight is 439 g/mol. The van der Waals surface area contributed by atoms with E-state index in [2.05, 4.69) is 15.5 Å². The predicted molar refractivity (Wildman–Crippen MR) is 104 cm³/mol. The fourth-order valence-corrected chi connectivity index (χ4v) is 2.98. The monoisotopic (exact) mass is 439 g/mol. The van der Waals surface area contributed by atoms with Crippen LogP contribution in [0.1, 0.15) is 5.56 Å². The highest BCUT2D eigenvalue weighted by atomic mass is 32.2. The summed E-state index contributed by atoms with van der Waals surface area (Å²) in [5.74, 6) is 0.795. The number of aromatic nitrogens is 2. The van der Waals surface area contributed by atoms with Gasteiger partial charge in [0.1, 0.15) is 11.5 Å². The van der Waals surface area contributed by atoms with Gasteiger partial charge in [-0.15, -0.1) is 10.2 Å². The van der Waals surface area contributed by atoms with E-state index in [9.17, 15) is 18.0 Å². The minimum Gasteiger partial charge on any atom is -0.497 e. The van der Waals surface area contributed by atoms with Crippen molar-refractivity contribution in [3.63, 3.8) is 0 Å². The molecule has 1 amide bonds. The Bertz CT molecular complexity index is 1020. The molecule has 158 valence electrons. The van der Waals surface area contributed by atoms with Gasteiger partial charge in [0, 0.05) is 11.8 Å². The molecular formula is C19H16F3N3O4S. The first-order valence-corrected chi connectivity index (χ1v) is 9.44. The molecule has 0 aliphatic carbocycles. The topological polar surface area (TPSA) is 86.5 Å². The average Bonchev–Trinajstić information content (AvgIpc) is 3.20. The molecule has 2 aromatic carbocycles. The van der Waals surface area contributed by atoms with Gasteiger partial charge in [0.2, 0.25) is 5.91 Å². The molecule has 0 saturated carbocycles. The number of thioether (sulfide) groups is 1. The van der Waals surface area contributed by atoms with Gasteiger partial charge in [-0.05, 0) is 36.4 Å². The zero-order valence-corrected chi connectivity index (χ0v) is 16.6. The maximum Gasteiger partial charge on any atom is 0.416 e. The molecule has 0 aliphatic rings. The van der Waals surface area contributed by atoms with E-state index in [4.69, 9.17) is 13.9 Å². The lowest BCUT2D eigenvalue weighted by Crippen LogP contribution is -2.14. The summed E-state index contributed by atoms with van der Waals surface area (Å²) in [5.41, 5.74) is 0.0249. The third kappa shape index (κ3) is 5.23. The lowest BCUT2D eigenvalue weighted by Gasteiger charge is -2.08. The fraction of sp³-hybridized carbons (Fsp3) is 0.211. The molecule has 0 unspecified atom stereocenters. The van der Waals surface area contributed by atoms with E-state index in [0.29, 0.717) is 17.1 Å². The van der Waals surface area contributed by atoms with Crippen molar-refractivity contribution in [1.29, 1.82) is 0 Å². The van der Waals surface area contributed by atoms with Gasteiger partial charge < -0.3 is 19.2 Å². The summed E-state index contributed by atoms with van der Waals surface area (Å²) in [6, 6.07) is 9.26. The van der Waals surface area contributed by atoms with Crippen LogP contribution < -0.4 is 14.8 Å². The molecule has 7 nitrogen and oxygen atoms in total. The van der Waals surface area contributed by atoms with Gasteiger partial charge in [-0.1, -0.05) is 11.8 Å². The van der Waals surface area contributed by atoms with Crippen LogP contribution in [0.5, 0.6) is 11.5 Å². The molecule has 0 atom stereocenters. The number of carbonyl (C=O) groups is 1. The van der Waals surface area contributed by atoms with Crippen LogP contribution in [0.15, 0.2) is 52.1 Å². The highest BCUT2D eigenvalue weighted by Gasteiger charge is 2.30. The molecule has 1 aromatic heterocycles. The van der Waals surface area contributed by atoms with E-state index in [1.165, 1.54) is 26.4 Å². The molecule has 0 spiro atoms. The van der Waals surface area contributed by atoms with E-state index >= 15 is 0 Å². The van der Waals surface area contributed by atoms with Crippen molar-refractivity contribution in [3.8, 4) is 23.0 Å². The van der Waals surface area contributed by atoms with Gasteiger partial charge in [-0.25, -0.2) is 0 Å². The Morgan fingerprint density at radius 2 is 1.83 bits per heavy atom. The Balaban J connectivity index is 1.60. The minimum atomic E-state index is -4.43. The number of halogens is 3. The highest BCUT2D eigenvalue weighted by Crippen LogP contribution is 2.34. The molecule has 1 N–H and O–H groups in total. The maximum absolute atomic E-state index is 12.6. The largest absolute Gasteiger partial charge is 0.497 e. The van der Waals surface area contributed by atoms with Crippen LogP contribution in [0.3, 0.4) is 0 Å². The Hall–Kier alpha value is -3.21. The fourth-order valence-electron chi connectivity index (χ4n) is 2.42. The van der Waals surface area contributed by atoms with Gasteiger partial charge in [0.05, 0.1) is 31.1 Å². The zero-order chi connectivity index (χ0) is 21.7. The Labute approximate surface area is 173 Å². The summed E-state index contributed by atoms with van der Waals surface area (Å²) in [6.07, 6.45) is -4.43. The van der Waals surface area contributed by atoms with E-state index in [-0.39, 0.29) is 22.6 Å². The molecule has 0 aliphatic heterocycles. The number of amides is 1. The molecule has 30 heavy (non-hydrogen) atoms. The molecule has 1 heterocycles. The van der Waals surface area contributed by atoms with Gasteiger partial charge >= 0.3 is 6.18 Å². The summed E-state index contributed by atoms with van der Waals surface area (Å²) in [4.78, 5) is 12.0. The number of hydrogen-bond donors (Lipinski definition) is 1. The number of alkyl halides is 3. The number of anilines is 1. The number of ether oxygens (including phenoxy) is 2. The van der Waals surface area contributed by atoms with Crippen LogP contribution in [0.25, 0.3) is 11.5 Å². The zero-order valence-electron chi connectivity index (χ0n) is 15.8. The summed E-state index contributed by atoms with van der Waals surface area (Å²) in [7, 11) is 3.03. The number of nitrogens with one attached hydrogen (secondary N) is 1. The van der Waals surface area contributed by atoms with Gasteiger partial charge in [0.25, 0.3) is 11.1 Å². The molecule has 0 bridgehead atoms. The van der Waals surface area contributed by atoms with Crippen molar-refractivity contribution in [3.05, 3.63) is 48.0 Å². The smallest absolute Gasteiger partial charge is 0.416 e. The van der Waals surface area contributed by atoms with Crippen LogP contribution in [0.2, 0.25) is 0 Å². The van der Waals surface area contributed by atoms with Gasteiger partial charge in [0.15, 0.2) is 0 Å². The van der Waals surface area contributed by atoms with E-state index in [1.54, 1.807) is 18.2 Å². The first kappa shape index (κ1) is 21.5. The van der Waals surface area contributed by atoms with Crippen molar-refractivity contribution < 1.29 is 31.9 Å². The van der Waals surface area contributed by atoms with Gasteiger partial charge in [-0.3, -0.25) is 4.79 Å². The van der Waals surface area contributed by atoms with Crippen molar-refractivity contribution in [2.75, 3.05) is 25.3 Å². The molecule has 11 heteroatoms. The van der Waals surface area contributed by atoms with Crippen molar-refractivity contribution in [1.82, 2.24) is 10.2 Å². The second-order valence-corrected chi connectivity index (χ2v) is 6.78. The first-order chi connectivity index (χ1) is 14.3. The van der Waals surface area contributed by atoms with Crippen molar-refractivity contribution >= 4 is 23.4 Å². The number of benzene rings is 2. The van der Waals surface area contributed by atoms with Crippen LogP contribution in [-0.4, -0.2) is 36.1 Å². The summed E-state index contributed by atoms with van der Waals surface area (Å²) in [6.45, 7) is 0. The maximum atomic E-state index is 12.6. The number of methoxy groups -OCH3 is 2. The number of nitrogens with zero attached hydrogens (tertiary/aromatic N) is 2. The SMILES string of the molecule is COc1ccc(-c2nnc(SCC(=O)Nc3ccc(C(F)(F)F)cc3)o2)c(OC)c1. The molecule has 0 fully saturated rings. The molecule has 0 radical (unpaired) electrons. The lowest BCUT2D eigenvalue weighted by atomic mass is 10.2. The first-order valence-electron chi connectivity index (χ1n) is 8.46. The second-order valence-electron chi connectivity index (χ2n) is 5.85. The number of hydrogen-bond acceptors (Lipinski definition) is 7. The molecule has 0 saturated heterocycles. The quantitative estimate of drug-likeness (QED) is 0.542. The van der Waals surface area contributed by atoms with E-state index in [1.807, 2.05) is 0 Å². The van der Waals surface area contributed by atoms with Crippen molar-refractivity contribution in [2.45, 2.75) is 11.4 Å². The summed E-state index contributed by atoms with van der Waals surface area (Å²) >= 11 is 0.994. The lowest BCUT2D eigenvalue weighted by molar-refractivity contribution is -0.137. The third-order valence-electron chi connectivity index (χ3n) is 3.87. The van der Waals surface area contributed by atoms with E-state index < -0.39 is 17.6 Å². The molecule has 3 rings (SSSR count). The number of carbonyl (C=O) groups excluding carboxylic acids is 1. The second kappa shape index (κ2) is 9.08. The van der Waals surface area contributed by atoms with Crippen LogP contribution >= 0.6 is 11.8 Å².